The minimum Gasteiger partial charge on any atom is -0.339 e. The molecule has 0 bridgehead atoms. The Morgan fingerprint density at radius 3 is 2.30 bits per heavy atom. The molecule has 0 N–H and O–H groups in total. The molecule has 1 aromatic rings. The maximum atomic E-state index is 12.9. The van der Waals surface area contributed by atoms with Crippen LogP contribution in [-0.2, 0) is 4.79 Å². The minimum atomic E-state index is -0.334. The number of halogens is 1. The summed E-state index contributed by atoms with van der Waals surface area (Å²) in [6.45, 7) is 8.25. The van der Waals surface area contributed by atoms with Gasteiger partial charge >= 0.3 is 0 Å². The van der Waals surface area contributed by atoms with Crippen LogP contribution in [0.2, 0.25) is 0 Å². The van der Waals surface area contributed by atoms with Crippen molar-refractivity contribution >= 4 is 17.5 Å². The van der Waals surface area contributed by atoms with E-state index >= 15 is 0 Å². The maximum absolute atomic E-state index is 12.9. The summed E-state index contributed by atoms with van der Waals surface area (Å²) in [5.74, 6) is 0.778. The molecular weight excluding hydrogens is 270 g/mol. The summed E-state index contributed by atoms with van der Waals surface area (Å²) in [5.41, 5.74) is 0.753. The summed E-state index contributed by atoms with van der Waals surface area (Å²) in [6.07, 6.45) is 0.973. The topological polar surface area (TPSA) is 20.3 Å². The number of rotatable bonds is 6. The second-order valence-electron chi connectivity index (χ2n) is 6.12. The van der Waals surface area contributed by atoms with Gasteiger partial charge in [-0.2, -0.15) is 0 Å². The molecule has 112 valence electrons. The van der Waals surface area contributed by atoms with Gasteiger partial charge in [0.25, 0.3) is 0 Å². The highest BCUT2D eigenvalue weighted by molar-refractivity contribution is 6.18. The van der Waals surface area contributed by atoms with E-state index in [1.54, 1.807) is 4.90 Å². The summed E-state index contributed by atoms with van der Waals surface area (Å²) >= 11 is 6.00. The zero-order chi connectivity index (χ0) is 15.3. The van der Waals surface area contributed by atoms with Crippen molar-refractivity contribution in [3.05, 3.63) is 35.9 Å². The van der Waals surface area contributed by atoms with Crippen LogP contribution in [0.4, 0.5) is 0 Å². The lowest BCUT2D eigenvalue weighted by Crippen LogP contribution is -2.49. The summed E-state index contributed by atoms with van der Waals surface area (Å²) < 4.78 is 0. The average Bonchev–Trinajstić information content (AvgIpc) is 2.47. The first kappa shape index (κ1) is 17.0. The molecule has 2 unspecified atom stereocenters. The van der Waals surface area contributed by atoms with Crippen LogP contribution in [-0.4, -0.2) is 29.3 Å². The zero-order valence-electron chi connectivity index (χ0n) is 13.2. The third kappa shape index (κ3) is 3.76. The van der Waals surface area contributed by atoms with Gasteiger partial charge in [0, 0.05) is 12.9 Å². The van der Waals surface area contributed by atoms with Crippen LogP contribution in [0.3, 0.4) is 0 Å². The lowest BCUT2D eigenvalue weighted by molar-refractivity contribution is -0.136. The molecule has 0 spiro atoms. The lowest BCUT2D eigenvalue weighted by atomic mass is 9.83. The number of carbonyl (C=O) groups excluding carboxylic acids is 1. The Balaban J connectivity index is 3.10. The molecule has 0 fully saturated rings. The maximum Gasteiger partial charge on any atom is 0.230 e. The highest BCUT2D eigenvalue weighted by Gasteiger charge is 2.34. The molecule has 20 heavy (non-hydrogen) atoms. The lowest BCUT2D eigenvalue weighted by Gasteiger charge is -2.37. The minimum absolute atomic E-state index is 0.103. The third-order valence-electron chi connectivity index (χ3n) is 4.20. The first-order valence-electron chi connectivity index (χ1n) is 7.23. The number of carbonyl (C=O) groups is 1. The van der Waals surface area contributed by atoms with Crippen LogP contribution < -0.4 is 0 Å². The van der Waals surface area contributed by atoms with E-state index in [9.17, 15) is 4.79 Å². The van der Waals surface area contributed by atoms with Crippen LogP contribution in [0.15, 0.2) is 30.3 Å². The van der Waals surface area contributed by atoms with Gasteiger partial charge in [-0.1, -0.05) is 50.6 Å². The van der Waals surface area contributed by atoms with Crippen molar-refractivity contribution in [2.24, 2.45) is 5.92 Å². The normalized spacial score (nSPS) is 14.7. The predicted molar refractivity (Wildman–Crippen MR) is 86.2 cm³/mol. The Morgan fingerprint density at radius 1 is 1.30 bits per heavy atom. The highest BCUT2D eigenvalue weighted by atomic mass is 35.5. The standard InChI is InChI=1S/C17H26ClNO/c1-6-13(2)15(14-10-8-7-9-11-14)16(20)19(5)17(3,4)12-18/h7-11,13,15H,6,12H2,1-5H3. The largest absolute Gasteiger partial charge is 0.339 e. The number of hydrogen-bond acceptors (Lipinski definition) is 1. The van der Waals surface area contributed by atoms with Gasteiger partial charge in [0.1, 0.15) is 0 Å². The van der Waals surface area contributed by atoms with Gasteiger partial charge in [0.15, 0.2) is 0 Å². The molecule has 1 amide bonds. The van der Waals surface area contributed by atoms with Crippen molar-refractivity contribution in [1.82, 2.24) is 4.90 Å². The van der Waals surface area contributed by atoms with E-state index < -0.39 is 0 Å². The van der Waals surface area contributed by atoms with E-state index in [0.717, 1.165) is 12.0 Å². The van der Waals surface area contributed by atoms with Crippen molar-refractivity contribution in [2.75, 3.05) is 12.9 Å². The first-order valence-corrected chi connectivity index (χ1v) is 7.77. The monoisotopic (exact) mass is 295 g/mol. The van der Waals surface area contributed by atoms with Crippen molar-refractivity contribution in [3.63, 3.8) is 0 Å². The molecule has 2 atom stereocenters. The molecule has 1 rings (SSSR count). The molecular formula is C17H26ClNO. The molecule has 0 saturated carbocycles. The second kappa shape index (κ2) is 7.12. The SMILES string of the molecule is CCC(C)C(C(=O)N(C)C(C)(C)CCl)c1ccccc1. The molecule has 2 nitrogen and oxygen atoms in total. The molecule has 3 heteroatoms. The fourth-order valence-corrected chi connectivity index (χ4v) is 2.39. The van der Waals surface area contributed by atoms with Gasteiger partial charge in [0.05, 0.1) is 11.5 Å². The van der Waals surface area contributed by atoms with Crippen molar-refractivity contribution < 1.29 is 4.79 Å². The fourth-order valence-electron chi connectivity index (χ4n) is 2.21. The number of benzene rings is 1. The van der Waals surface area contributed by atoms with Crippen molar-refractivity contribution in [3.8, 4) is 0 Å². The van der Waals surface area contributed by atoms with E-state index in [0.29, 0.717) is 11.8 Å². The van der Waals surface area contributed by atoms with Crippen LogP contribution in [0, 0.1) is 5.92 Å². The predicted octanol–water partition coefficient (Wildman–Crippen LogP) is 4.29. The Bertz CT molecular complexity index is 430. The van der Waals surface area contributed by atoms with Crippen LogP contribution >= 0.6 is 11.6 Å². The first-order chi connectivity index (χ1) is 9.35. The van der Waals surface area contributed by atoms with Crippen molar-refractivity contribution in [2.45, 2.75) is 45.6 Å². The Labute approximate surface area is 128 Å². The number of hydrogen-bond donors (Lipinski definition) is 0. The molecule has 1 aromatic carbocycles. The Morgan fingerprint density at radius 2 is 1.85 bits per heavy atom. The van der Waals surface area contributed by atoms with Gasteiger partial charge in [-0.05, 0) is 25.3 Å². The summed E-state index contributed by atoms with van der Waals surface area (Å²) in [4.78, 5) is 14.7. The quantitative estimate of drug-likeness (QED) is 0.717. The summed E-state index contributed by atoms with van der Waals surface area (Å²) in [6, 6.07) is 10.0. The van der Waals surface area contributed by atoms with Crippen molar-refractivity contribution in [1.29, 1.82) is 0 Å². The van der Waals surface area contributed by atoms with E-state index in [2.05, 4.69) is 13.8 Å². The molecule has 0 radical (unpaired) electrons. The molecule has 0 aliphatic rings. The third-order valence-corrected chi connectivity index (χ3v) is 4.86. The highest BCUT2D eigenvalue weighted by Crippen LogP contribution is 2.31. The Hall–Kier alpha value is -1.02. The van der Waals surface area contributed by atoms with Gasteiger partial charge in [0.2, 0.25) is 5.91 Å². The van der Waals surface area contributed by atoms with E-state index in [1.807, 2.05) is 51.2 Å². The smallest absolute Gasteiger partial charge is 0.230 e. The number of nitrogens with zero attached hydrogens (tertiary/aromatic N) is 1. The molecule has 0 aliphatic carbocycles. The Kier molecular flexibility index (Phi) is 6.07. The second-order valence-corrected chi connectivity index (χ2v) is 6.38. The number of likely N-dealkylation sites (N-methyl/N-ethyl adjacent to an activating group) is 1. The van der Waals surface area contributed by atoms with E-state index in [1.165, 1.54) is 0 Å². The number of alkyl halides is 1. The fraction of sp³-hybridized carbons (Fsp3) is 0.588. The molecule has 0 saturated heterocycles. The van der Waals surface area contributed by atoms with Gasteiger partial charge in [-0.3, -0.25) is 4.79 Å². The zero-order valence-corrected chi connectivity index (χ0v) is 13.9. The van der Waals surface area contributed by atoms with Crippen LogP contribution in [0.5, 0.6) is 0 Å². The van der Waals surface area contributed by atoms with E-state index in [4.69, 9.17) is 11.6 Å². The molecule has 0 aliphatic heterocycles. The van der Waals surface area contributed by atoms with Gasteiger partial charge in [-0.15, -0.1) is 11.6 Å². The van der Waals surface area contributed by atoms with Gasteiger partial charge in [-0.25, -0.2) is 0 Å². The van der Waals surface area contributed by atoms with E-state index in [-0.39, 0.29) is 17.4 Å². The van der Waals surface area contributed by atoms with Crippen LogP contribution in [0.25, 0.3) is 0 Å². The molecule has 0 aromatic heterocycles. The number of amides is 1. The summed E-state index contributed by atoms with van der Waals surface area (Å²) in [5, 5.41) is 0. The molecule has 0 heterocycles. The van der Waals surface area contributed by atoms with Gasteiger partial charge < -0.3 is 4.90 Å². The van der Waals surface area contributed by atoms with Crippen LogP contribution in [0.1, 0.15) is 45.6 Å². The summed E-state index contributed by atoms with van der Waals surface area (Å²) in [7, 11) is 1.85. The average molecular weight is 296 g/mol.